The number of carbonyl (C=O) groups is 3. The van der Waals surface area contributed by atoms with E-state index in [1.807, 2.05) is 48.5 Å². The van der Waals surface area contributed by atoms with Gasteiger partial charge < -0.3 is 47.4 Å². The summed E-state index contributed by atoms with van der Waals surface area (Å²) in [7, 11) is 2.76. The van der Waals surface area contributed by atoms with Crippen LogP contribution in [0.2, 0.25) is 0 Å². The van der Waals surface area contributed by atoms with Crippen LogP contribution < -0.4 is 0 Å². The zero-order valence-electron chi connectivity index (χ0n) is 29.1. The standard InChI is InChI=1S/C35H42Cl3NO13/c1-19-25(43-4)30(48-21(3)41)33(50-26(19)31(42)47-17-23-14-10-7-11-15-23)51-27-24(18-45-20(2)40)49-32(52-34(39)35(36,37)38)29(28(27)44-5)46-16-22-12-8-6-9-13-22/h6-15,19,24-30,32-33,39H,16-18H2,1-5H3/t19-,24-,25+,26?,27-,28?,29?,30?,32-,33+/m1/s1. The monoisotopic (exact) mass is 789 g/mol. The van der Waals surface area contributed by atoms with E-state index in [0.717, 1.165) is 11.1 Å². The third kappa shape index (κ3) is 11.2. The van der Waals surface area contributed by atoms with Crippen molar-refractivity contribution < 1.29 is 61.8 Å². The maximum absolute atomic E-state index is 13.5. The molecule has 2 fully saturated rings. The third-order valence-corrected chi connectivity index (χ3v) is 8.80. The Labute approximate surface area is 316 Å². The molecular formula is C35H42Cl3NO13. The van der Waals surface area contributed by atoms with Gasteiger partial charge in [-0.25, -0.2) is 4.79 Å². The van der Waals surface area contributed by atoms with Crippen LogP contribution >= 0.6 is 34.8 Å². The molecule has 2 aromatic rings. The summed E-state index contributed by atoms with van der Waals surface area (Å²) in [5.41, 5.74) is 1.52. The minimum absolute atomic E-state index is 0.0195. The lowest BCUT2D eigenvalue weighted by molar-refractivity contribution is -0.353. The molecule has 17 heteroatoms. The molecule has 0 radical (unpaired) electrons. The lowest BCUT2D eigenvalue weighted by Crippen LogP contribution is -2.65. The molecule has 0 bridgehead atoms. The number of alkyl halides is 3. The second-order valence-corrected chi connectivity index (χ2v) is 14.3. The van der Waals surface area contributed by atoms with Gasteiger partial charge in [-0.05, 0) is 11.1 Å². The van der Waals surface area contributed by atoms with Crippen LogP contribution in [0.1, 0.15) is 31.9 Å². The molecule has 52 heavy (non-hydrogen) atoms. The summed E-state index contributed by atoms with van der Waals surface area (Å²) in [4.78, 5) is 37.9. The number of carbonyl (C=O) groups excluding carboxylic acids is 3. The van der Waals surface area contributed by atoms with E-state index in [1.165, 1.54) is 28.1 Å². The molecule has 2 aliphatic heterocycles. The number of hydrogen-bond acceptors (Lipinski definition) is 14. The Kier molecular flexibility index (Phi) is 15.5. The van der Waals surface area contributed by atoms with E-state index in [-0.39, 0.29) is 13.2 Å². The van der Waals surface area contributed by atoms with E-state index in [1.54, 1.807) is 19.1 Å². The summed E-state index contributed by atoms with van der Waals surface area (Å²) in [6, 6.07) is 18.2. The molecule has 14 nitrogen and oxygen atoms in total. The molecule has 0 amide bonds. The maximum Gasteiger partial charge on any atom is 0.336 e. The summed E-state index contributed by atoms with van der Waals surface area (Å²) in [6.07, 6.45) is -11.1. The Morgan fingerprint density at radius 1 is 0.731 bits per heavy atom. The molecule has 0 saturated carbocycles. The summed E-state index contributed by atoms with van der Waals surface area (Å²) in [6.45, 7) is 3.67. The Balaban J connectivity index is 1.70. The number of benzene rings is 2. The number of rotatable bonds is 14. The fourth-order valence-electron chi connectivity index (χ4n) is 5.85. The van der Waals surface area contributed by atoms with Crippen LogP contribution in [-0.4, -0.2) is 104 Å². The van der Waals surface area contributed by atoms with Gasteiger partial charge in [0.05, 0.1) is 6.61 Å². The molecule has 2 saturated heterocycles. The van der Waals surface area contributed by atoms with Crippen molar-refractivity contribution in [1.29, 1.82) is 5.41 Å². The van der Waals surface area contributed by atoms with Crippen LogP contribution in [0.15, 0.2) is 60.7 Å². The fraction of sp³-hybridized carbons (Fsp3) is 0.543. The zero-order chi connectivity index (χ0) is 38.0. The normalized spacial score (nSPS) is 29.1. The highest BCUT2D eigenvalue weighted by Gasteiger charge is 2.55. The molecule has 4 unspecified atom stereocenters. The fourth-order valence-corrected chi connectivity index (χ4v) is 5.98. The number of methoxy groups -OCH3 is 2. The van der Waals surface area contributed by atoms with E-state index in [0.29, 0.717) is 0 Å². The lowest BCUT2D eigenvalue weighted by atomic mass is 9.90. The predicted octanol–water partition coefficient (Wildman–Crippen LogP) is 4.68. The molecule has 0 spiro atoms. The SMILES string of the molecule is COC1C(OCc2ccccc2)[C@@H](OC(=N)C(Cl)(Cl)Cl)O[C@H](COC(C)=O)[C@H]1O[C@@H]1OC(C(=O)OCc2ccccc2)[C@H](C)[C@H](OC)C1OC(C)=O. The highest BCUT2D eigenvalue weighted by Crippen LogP contribution is 2.37. The molecule has 4 rings (SSSR count). The van der Waals surface area contributed by atoms with E-state index < -0.39 is 95.4 Å². The first kappa shape index (κ1) is 41.7. The first-order valence-corrected chi connectivity index (χ1v) is 17.4. The van der Waals surface area contributed by atoms with Crippen LogP contribution in [0.25, 0.3) is 0 Å². The summed E-state index contributed by atoms with van der Waals surface area (Å²) in [5, 5.41) is 8.25. The lowest BCUT2D eigenvalue weighted by Gasteiger charge is -2.48. The topological polar surface area (TPSA) is 167 Å². The van der Waals surface area contributed by atoms with Crippen molar-refractivity contribution in [2.45, 2.75) is 93.1 Å². The van der Waals surface area contributed by atoms with Gasteiger partial charge in [-0.15, -0.1) is 0 Å². The highest BCUT2D eigenvalue weighted by atomic mass is 35.6. The summed E-state index contributed by atoms with van der Waals surface area (Å²) >= 11 is 17.8. The number of nitrogens with one attached hydrogen (secondary N) is 1. The molecule has 0 aromatic heterocycles. The molecular weight excluding hydrogens is 749 g/mol. The van der Waals surface area contributed by atoms with Crippen LogP contribution in [0.5, 0.6) is 0 Å². The number of ether oxygens (including phenoxy) is 10. The van der Waals surface area contributed by atoms with E-state index in [2.05, 4.69) is 0 Å². The highest BCUT2D eigenvalue weighted by molar-refractivity contribution is 6.76. The Morgan fingerprint density at radius 2 is 1.33 bits per heavy atom. The van der Waals surface area contributed by atoms with Gasteiger partial charge in [0.25, 0.3) is 3.79 Å². The van der Waals surface area contributed by atoms with Crippen molar-refractivity contribution >= 4 is 58.6 Å². The van der Waals surface area contributed by atoms with Gasteiger partial charge in [-0.3, -0.25) is 15.0 Å². The predicted molar refractivity (Wildman–Crippen MR) is 185 cm³/mol. The van der Waals surface area contributed by atoms with Gasteiger partial charge in [0, 0.05) is 34.0 Å². The van der Waals surface area contributed by atoms with Crippen LogP contribution in [0.3, 0.4) is 0 Å². The molecule has 0 aliphatic carbocycles. The van der Waals surface area contributed by atoms with Gasteiger partial charge in [-0.2, -0.15) is 0 Å². The summed E-state index contributed by atoms with van der Waals surface area (Å²) in [5.74, 6) is -3.50. The van der Waals surface area contributed by atoms with Crippen molar-refractivity contribution in [3.63, 3.8) is 0 Å². The van der Waals surface area contributed by atoms with Gasteiger partial charge >= 0.3 is 17.9 Å². The number of esters is 3. The minimum Gasteiger partial charge on any atom is -0.463 e. The third-order valence-electron chi connectivity index (χ3n) is 8.28. The van der Waals surface area contributed by atoms with Gasteiger partial charge in [0.2, 0.25) is 12.2 Å². The number of hydrogen-bond donors (Lipinski definition) is 1. The molecule has 10 atom stereocenters. The molecule has 286 valence electrons. The van der Waals surface area contributed by atoms with Crippen molar-refractivity contribution in [2.24, 2.45) is 5.92 Å². The minimum atomic E-state index is -2.27. The van der Waals surface area contributed by atoms with E-state index in [4.69, 9.17) is 87.6 Å². The zero-order valence-corrected chi connectivity index (χ0v) is 31.4. The van der Waals surface area contributed by atoms with E-state index >= 15 is 0 Å². The molecule has 2 aromatic carbocycles. The van der Waals surface area contributed by atoms with Crippen molar-refractivity contribution in [3.8, 4) is 0 Å². The second-order valence-electron chi connectivity index (χ2n) is 12.0. The molecule has 1 N–H and O–H groups in total. The second kappa shape index (κ2) is 19.3. The Bertz CT molecular complexity index is 1480. The van der Waals surface area contributed by atoms with Gasteiger partial charge in [0.15, 0.2) is 18.5 Å². The Hall–Kier alpha value is -3.05. The maximum atomic E-state index is 13.5. The van der Waals surface area contributed by atoms with Crippen molar-refractivity contribution in [2.75, 3.05) is 20.8 Å². The first-order chi connectivity index (χ1) is 24.7. The van der Waals surface area contributed by atoms with Crippen LogP contribution in [0.4, 0.5) is 0 Å². The Morgan fingerprint density at radius 3 is 1.87 bits per heavy atom. The van der Waals surface area contributed by atoms with Crippen LogP contribution in [-0.2, 0) is 75.0 Å². The summed E-state index contributed by atoms with van der Waals surface area (Å²) < 4.78 is 56.9. The smallest absolute Gasteiger partial charge is 0.336 e. The molecule has 2 aliphatic rings. The number of halogens is 3. The van der Waals surface area contributed by atoms with Crippen molar-refractivity contribution in [3.05, 3.63) is 71.8 Å². The van der Waals surface area contributed by atoms with E-state index in [9.17, 15) is 14.4 Å². The average molecular weight is 791 g/mol. The van der Waals surface area contributed by atoms with Crippen molar-refractivity contribution in [1.82, 2.24) is 0 Å². The van der Waals surface area contributed by atoms with Gasteiger partial charge in [-0.1, -0.05) is 102 Å². The first-order valence-electron chi connectivity index (χ1n) is 16.2. The largest absolute Gasteiger partial charge is 0.463 e. The quantitative estimate of drug-likeness (QED) is 0.0923. The molecule has 2 heterocycles. The average Bonchev–Trinajstić information content (AvgIpc) is 3.10. The van der Waals surface area contributed by atoms with Crippen LogP contribution in [0, 0.1) is 11.3 Å². The van der Waals surface area contributed by atoms with Gasteiger partial charge in [0.1, 0.15) is 43.7 Å².